The maximum atomic E-state index is 2.52. The van der Waals surface area contributed by atoms with Gasteiger partial charge >= 0.3 is 0 Å². The summed E-state index contributed by atoms with van der Waals surface area (Å²) in [5, 5.41) is 7.66. The highest BCUT2D eigenvalue weighted by molar-refractivity contribution is 6.09. The van der Waals surface area contributed by atoms with Gasteiger partial charge in [-0.15, -0.1) is 0 Å². The zero-order chi connectivity index (χ0) is 30.5. The molecule has 0 fully saturated rings. The van der Waals surface area contributed by atoms with Crippen LogP contribution in [0, 0.1) is 0 Å². The van der Waals surface area contributed by atoms with Gasteiger partial charge in [-0.25, -0.2) is 0 Å². The van der Waals surface area contributed by atoms with E-state index < -0.39 is 0 Å². The first-order valence-corrected chi connectivity index (χ1v) is 16.0. The van der Waals surface area contributed by atoms with Crippen LogP contribution in [0.5, 0.6) is 0 Å². The van der Waals surface area contributed by atoms with Crippen LogP contribution in [0.25, 0.3) is 60.3 Å². The number of rotatable bonds is 5. The Bertz CT molecular complexity index is 2420. The molecule has 1 heteroatoms. The molecule has 0 saturated heterocycles. The van der Waals surface area contributed by atoms with Crippen molar-refractivity contribution in [2.45, 2.75) is 6.04 Å². The molecule has 1 unspecified atom stereocenters. The molecule has 0 aliphatic carbocycles. The lowest BCUT2D eigenvalue weighted by Gasteiger charge is -2.43. The van der Waals surface area contributed by atoms with E-state index >= 15 is 0 Å². The first-order valence-electron chi connectivity index (χ1n) is 16.0. The van der Waals surface area contributed by atoms with Crippen molar-refractivity contribution in [2.24, 2.45) is 0 Å². The van der Waals surface area contributed by atoms with E-state index in [0.29, 0.717) is 0 Å². The van der Waals surface area contributed by atoms with E-state index in [0.717, 1.165) is 0 Å². The molecular weight excluding hydrogens is 555 g/mol. The number of hydrogen-bond donors (Lipinski definition) is 0. The molecule has 1 aliphatic rings. The second-order valence-corrected chi connectivity index (χ2v) is 12.0. The Morgan fingerprint density at radius 2 is 0.870 bits per heavy atom. The fraction of sp³-hybridized carbons (Fsp3) is 0.0222. The van der Waals surface area contributed by atoms with Crippen molar-refractivity contribution in [1.29, 1.82) is 0 Å². The van der Waals surface area contributed by atoms with Crippen LogP contribution in [-0.2, 0) is 0 Å². The molecule has 46 heavy (non-hydrogen) atoms. The van der Waals surface area contributed by atoms with Crippen molar-refractivity contribution in [2.75, 3.05) is 4.90 Å². The summed E-state index contributed by atoms with van der Waals surface area (Å²) in [6.07, 6.45) is 2.45. The molecule has 1 atom stereocenters. The van der Waals surface area contributed by atoms with E-state index in [1.165, 1.54) is 77.1 Å². The topological polar surface area (TPSA) is 3.24 Å². The first-order chi connectivity index (χ1) is 22.8. The van der Waals surface area contributed by atoms with Gasteiger partial charge in [0.2, 0.25) is 0 Å². The molecule has 0 aromatic heterocycles. The SMILES string of the molecule is C1=C(c2ccc(-c3ccccc3)c3ccccc23)N(c2ccccc2)C1c1ccc(-c2cccc3ccccc23)c2ccccc12. The quantitative estimate of drug-likeness (QED) is 0.194. The standard InChI is InChI=1S/C45H31N/c1-3-14-31(15-4-1)35-26-28-42(39-23-11-9-21-36(35)39)44-30-45(46(44)33-18-5-2-6-19-33)43-29-27-41(38-22-10-12-24-40(38)43)37-25-13-17-32-16-7-8-20-34(32)37/h1-30,45H. The molecule has 216 valence electrons. The molecule has 0 radical (unpaired) electrons. The normalized spacial score (nSPS) is 14.4. The summed E-state index contributed by atoms with van der Waals surface area (Å²) in [6, 6.07) is 64.0. The first kappa shape index (κ1) is 26.5. The van der Waals surface area contributed by atoms with Crippen molar-refractivity contribution in [3.05, 3.63) is 193 Å². The van der Waals surface area contributed by atoms with E-state index in [-0.39, 0.29) is 6.04 Å². The molecule has 0 bridgehead atoms. The summed E-state index contributed by atoms with van der Waals surface area (Å²) in [5.74, 6) is 0. The van der Waals surface area contributed by atoms with Gasteiger partial charge in [-0.05, 0) is 78.3 Å². The van der Waals surface area contributed by atoms with Crippen LogP contribution in [0.3, 0.4) is 0 Å². The highest BCUT2D eigenvalue weighted by atomic mass is 15.2. The molecule has 8 aromatic rings. The lowest BCUT2D eigenvalue weighted by molar-refractivity contribution is 0.807. The third-order valence-electron chi connectivity index (χ3n) is 9.53. The zero-order valence-electron chi connectivity index (χ0n) is 25.3. The summed E-state index contributed by atoms with van der Waals surface area (Å²) < 4.78 is 0. The predicted octanol–water partition coefficient (Wildman–Crippen LogP) is 12.1. The van der Waals surface area contributed by atoms with E-state index in [1.807, 2.05) is 0 Å². The number of para-hydroxylation sites is 1. The monoisotopic (exact) mass is 585 g/mol. The van der Waals surface area contributed by atoms with Crippen molar-refractivity contribution >= 4 is 43.7 Å². The van der Waals surface area contributed by atoms with Gasteiger partial charge in [0, 0.05) is 16.9 Å². The average molecular weight is 586 g/mol. The van der Waals surface area contributed by atoms with E-state index in [1.54, 1.807) is 0 Å². The Kier molecular flexibility index (Phi) is 6.28. The highest BCUT2D eigenvalue weighted by Crippen LogP contribution is 2.49. The minimum atomic E-state index is 0.108. The number of fused-ring (bicyclic) bond motifs is 3. The second kappa shape index (κ2) is 10.9. The van der Waals surface area contributed by atoms with Crippen LogP contribution in [0.1, 0.15) is 17.2 Å². The molecule has 0 N–H and O–H groups in total. The molecule has 8 aromatic carbocycles. The van der Waals surface area contributed by atoms with Crippen LogP contribution >= 0.6 is 0 Å². The minimum Gasteiger partial charge on any atom is -0.330 e. The van der Waals surface area contributed by atoms with Gasteiger partial charge in [0.05, 0.1) is 6.04 Å². The average Bonchev–Trinajstić information content (AvgIpc) is 3.12. The predicted molar refractivity (Wildman–Crippen MR) is 196 cm³/mol. The van der Waals surface area contributed by atoms with Crippen molar-refractivity contribution < 1.29 is 0 Å². The third-order valence-corrected chi connectivity index (χ3v) is 9.53. The lowest BCUT2D eigenvalue weighted by Crippen LogP contribution is -2.34. The molecule has 1 heterocycles. The maximum Gasteiger partial charge on any atom is 0.0804 e. The molecule has 0 amide bonds. The van der Waals surface area contributed by atoms with E-state index in [2.05, 4.69) is 187 Å². The number of benzene rings is 8. The smallest absolute Gasteiger partial charge is 0.0804 e. The summed E-state index contributed by atoms with van der Waals surface area (Å²) in [5.41, 5.74) is 10.1. The summed E-state index contributed by atoms with van der Waals surface area (Å²) in [6.45, 7) is 0. The fourth-order valence-electron chi connectivity index (χ4n) is 7.38. The van der Waals surface area contributed by atoms with Gasteiger partial charge in [-0.3, -0.25) is 0 Å². The Labute approximate surface area is 269 Å². The highest BCUT2D eigenvalue weighted by Gasteiger charge is 2.34. The largest absolute Gasteiger partial charge is 0.330 e. The van der Waals surface area contributed by atoms with E-state index in [9.17, 15) is 0 Å². The summed E-state index contributed by atoms with van der Waals surface area (Å²) in [7, 11) is 0. The van der Waals surface area contributed by atoms with Gasteiger partial charge in [-0.2, -0.15) is 0 Å². The van der Waals surface area contributed by atoms with Crippen LogP contribution < -0.4 is 4.90 Å². The summed E-state index contributed by atoms with van der Waals surface area (Å²) in [4.78, 5) is 2.52. The molecule has 9 rings (SSSR count). The zero-order valence-corrected chi connectivity index (χ0v) is 25.3. The van der Waals surface area contributed by atoms with Crippen molar-refractivity contribution in [1.82, 2.24) is 0 Å². The Morgan fingerprint density at radius 1 is 0.348 bits per heavy atom. The van der Waals surface area contributed by atoms with E-state index in [4.69, 9.17) is 0 Å². The minimum absolute atomic E-state index is 0.108. The van der Waals surface area contributed by atoms with Crippen LogP contribution in [-0.4, -0.2) is 0 Å². The Hall–Kier alpha value is -5.92. The van der Waals surface area contributed by atoms with Gasteiger partial charge in [0.1, 0.15) is 0 Å². The van der Waals surface area contributed by atoms with Crippen molar-refractivity contribution in [3.63, 3.8) is 0 Å². The second-order valence-electron chi connectivity index (χ2n) is 12.0. The number of hydrogen-bond acceptors (Lipinski definition) is 1. The van der Waals surface area contributed by atoms with Crippen molar-refractivity contribution in [3.8, 4) is 22.3 Å². The lowest BCUT2D eigenvalue weighted by atomic mass is 9.84. The maximum absolute atomic E-state index is 2.52. The number of anilines is 1. The van der Waals surface area contributed by atoms with Gasteiger partial charge in [0.15, 0.2) is 0 Å². The Balaban J connectivity index is 1.22. The molecule has 1 aliphatic heterocycles. The van der Waals surface area contributed by atoms with Gasteiger partial charge in [0.25, 0.3) is 0 Å². The van der Waals surface area contributed by atoms with Crippen LogP contribution in [0.4, 0.5) is 5.69 Å². The Morgan fingerprint density at radius 3 is 1.63 bits per heavy atom. The molecule has 1 nitrogen and oxygen atoms in total. The number of nitrogens with zero attached hydrogens (tertiary/aromatic N) is 1. The molecular formula is C45H31N. The molecule has 0 saturated carbocycles. The van der Waals surface area contributed by atoms with Gasteiger partial charge in [-0.1, -0.05) is 164 Å². The van der Waals surface area contributed by atoms with Crippen LogP contribution in [0.2, 0.25) is 0 Å². The molecule has 0 spiro atoms. The third kappa shape index (κ3) is 4.24. The fourth-order valence-corrected chi connectivity index (χ4v) is 7.38. The summed E-state index contributed by atoms with van der Waals surface area (Å²) >= 11 is 0. The van der Waals surface area contributed by atoms with Gasteiger partial charge < -0.3 is 4.90 Å². The van der Waals surface area contributed by atoms with Crippen LogP contribution in [0.15, 0.2) is 182 Å².